The molecule has 1 atom stereocenters. The summed E-state index contributed by atoms with van der Waals surface area (Å²) in [6.45, 7) is 4.22. The number of imidazole rings is 1. The van der Waals surface area contributed by atoms with Gasteiger partial charge in [-0.1, -0.05) is 42.1 Å². The lowest BCUT2D eigenvalue weighted by Gasteiger charge is -2.35. The molecule has 108 valence electrons. The summed E-state index contributed by atoms with van der Waals surface area (Å²) < 4.78 is 0. The molecule has 0 bridgehead atoms. The summed E-state index contributed by atoms with van der Waals surface area (Å²) in [7, 11) is 0. The van der Waals surface area contributed by atoms with Crippen molar-refractivity contribution in [1.82, 2.24) is 15.3 Å². The van der Waals surface area contributed by atoms with Gasteiger partial charge in [-0.2, -0.15) is 0 Å². The SMILES string of the molecule is CC(C)NC(CO)(CSc1ncc[nH]1)c1ccccc1. The third-order valence-corrected chi connectivity index (χ3v) is 4.22. The van der Waals surface area contributed by atoms with Crippen molar-refractivity contribution in [2.75, 3.05) is 12.4 Å². The molecule has 1 heterocycles. The van der Waals surface area contributed by atoms with Gasteiger partial charge in [-0.3, -0.25) is 0 Å². The van der Waals surface area contributed by atoms with E-state index in [-0.39, 0.29) is 12.6 Å². The Morgan fingerprint density at radius 3 is 2.65 bits per heavy atom. The minimum atomic E-state index is -0.465. The molecular formula is C15H21N3OS. The minimum absolute atomic E-state index is 0.0445. The van der Waals surface area contributed by atoms with E-state index in [4.69, 9.17) is 0 Å². The Kier molecular flexibility index (Phi) is 5.23. The molecule has 0 amide bonds. The van der Waals surface area contributed by atoms with Gasteiger partial charge in [0.05, 0.1) is 12.1 Å². The van der Waals surface area contributed by atoms with E-state index in [1.807, 2.05) is 30.3 Å². The van der Waals surface area contributed by atoms with Gasteiger partial charge in [0, 0.05) is 24.2 Å². The van der Waals surface area contributed by atoms with Crippen molar-refractivity contribution in [1.29, 1.82) is 0 Å². The number of aliphatic hydroxyl groups is 1. The highest BCUT2D eigenvalue weighted by molar-refractivity contribution is 7.99. The van der Waals surface area contributed by atoms with E-state index in [1.54, 1.807) is 24.2 Å². The van der Waals surface area contributed by atoms with Gasteiger partial charge in [-0.25, -0.2) is 4.98 Å². The Balaban J connectivity index is 2.22. The van der Waals surface area contributed by atoms with Crippen LogP contribution in [0.25, 0.3) is 0 Å². The van der Waals surface area contributed by atoms with Crippen LogP contribution in [0.3, 0.4) is 0 Å². The highest BCUT2D eigenvalue weighted by Crippen LogP contribution is 2.28. The average Bonchev–Trinajstić information content (AvgIpc) is 2.97. The molecule has 0 saturated carbocycles. The number of thioether (sulfide) groups is 1. The summed E-state index contributed by atoms with van der Waals surface area (Å²) in [6, 6.07) is 10.4. The Hall–Kier alpha value is -1.30. The predicted octanol–water partition coefficient (Wildman–Crippen LogP) is 2.39. The van der Waals surface area contributed by atoms with Gasteiger partial charge in [-0.15, -0.1) is 0 Å². The Morgan fingerprint density at radius 1 is 1.35 bits per heavy atom. The van der Waals surface area contributed by atoms with Crippen LogP contribution in [0.2, 0.25) is 0 Å². The van der Waals surface area contributed by atoms with Crippen molar-refractivity contribution in [2.24, 2.45) is 0 Å². The highest BCUT2D eigenvalue weighted by Gasteiger charge is 2.32. The molecule has 0 fully saturated rings. The highest BCUT2D eigenvalue weighted by atomic mass is 32.2. The van der Waals surface area contributed by atoms with Crippen molar-refractivity contribution in [3.05, 3.63) is 48.3 Å². The van der Waals surface area contributed by atoms with Gasteiger partial charge in [0.25, 0.3) is 0 Å². The molecule has 0 spiro atoms. The maximum Gasteiger partial charge on any atom is 0.165 e. The van der Waals surface area contributed by atoms with Gasteiger partial charge in [-0.05, 0) is 19.4 Å². The third kappa shape index (κ3) is 3.62. The molecule has 0 saturated heterocycles. The number of benzene rings is 1. The van der Waals surface area contributed by atoms with E-state index < -0.39 is 5.54 Å². The lowest BCUT2D eigenvalue weighted by molar-refractivity contribution is 0.169. The van der Waals surface area contributed by atoms with Crippen LogP contribution in [0.1, 0.15) is 19.4 Å². The number of hydrogen-bond donors (Lipinski definition) is 3. The number of aromatic amines is 1. The Labute approximate surface area is 124 Å². The van der Waals surface area contributed by atoms with Crippen molar-refractivity contribution < 1.29 is 5.11 Å². The summed E-state index contributed by atoms with van der Waals surface area (Å²) in [5.74, 6) is 0.708. The van der Waals surface area contributed by atoms with Crippen LogP contribution in [0, 0.1) is 0 Å². The molecule has 3 N–H and O–H groups in total. The van der Waals surface area contributed by atoms with Crippen LogP contribution in [0.5, 0.6) is 0 Å². The maximum absolute atomic E-state index is 10.0. The van der Waals surface area contributed by atoms with Crippen LogP contribution in [0.4, 0.5) is 0 Å². The van der Waals surface area contributed by atoms with E-state index in [1.165, 1.54) is 0 Å². The van der Waals surface area contributed by atoms with Gasteiger partial charge in [0.2, 0.25) is 0 Å². The van der Waals surface area contributed by atoms with Crippen molar-refractivity contribution >= 4 is 11.8 Å². The second-order valence-corrected chi connectivity index (χ2v) is 6.05. The number of nitrogens with zero attached hydrogens (tertiary/aromatic N) is 1. The number of nitrogens with one attached hydrogen (secondary N) is 2. The molecule has 1 unspecified atom stereocenters. The molecule has 0 aliphatic carbocycles. The van der Waals surface area contributed by atoms with E-state index in [0.717, 1.165) is 10.7 Å². The molecule has 5 heteroatoms. The van der Waals surface area contributed by atoms with Crippen LogP contribution >= 0.6 is 11.8 Å². The molecule has 0 aliphatic heterocycles. The first-order valence-electron chi connectivity index (χ1n) is 6.72. The smallest absolute Gasteiger partial charge is 0.165 e. The molecule has 1 aromatic heterocycles. The summed E-state index contributed by atoms with van der Waals surface area (Å²) in [5, 5.41) is 14.4. The maximum atomic E-state index is 10.0. The minimum Gasteiger partial charge on any atom is -0.394 e. The Morgan fingerprint density at radius 2 is 2.10 bits per heavy atom. The molecule has 4 nitrogen and oxygen atoms in total. The van der Waals surface area contributed by atoms with E-state index in [9.17, 15) is 5.11 Å². The zero-order valence-corrected chi connectivity index (χ0v) is 12.7. The van der Waals surface area contributed by atoms with E-state index in [2.05, 4.69) is 29.1 Å². The number of hydrogen-bond acceptors (Lipinski definition) is 4. The molecule has 0 aliphatic rings. The fourth-order valence-corrected chi connectivity index (χ4v) is 3.23. The molecule has 1 aromatic carbocycles. The summed E-state index contributed by atoms with van der Waals surface area (Å²) in [5.41, 5.74) is 0.627. The van der Waals surface area contributed by atoms with Crippen molar-refractivity contribution in [3.8, 4) is 0 Å². The number of aliphatic hydroxyl groups excluding tert-OH is 1. The molecule has 0 radical (unpaired) electrons. The summed E-state index contributed by atoms with van der Waals surface area (Å²) in [4.78, 5) is 7.31. The second-order valence-electron chi connectivity index (χ2n) is 5.09. The van der Waals surface area contributed by atoms with Crippen molar-refractivity contribution in [2.45, 2.75) is 30.6 Å². The number of H-pyrrole nitrogens is 1. The third-order valence-electron chi connectivity index (χ3n) is 3.09. The lowest BCUT2D eigenvalue weighted by atomic mass is 9.92. The Bertz CT molecular complexity index is 501. The summed E-state index contributed by atoms with van der Waals surface area (Å²) >= 11 is 1.61. The predicted molar refractivity (Wildman–Crippen MR) is 82.8 cm³/mol. The van der Waals surface area contributed by atoms with Gasteiger partial charge in [0.15, 0.2) is 5.16 Å². The van der Waals surface area contributed by atoms with E-state index in [0.29, 0.717) is 5.75 Å². The zero-order valence-electron chi connectivity index (χ0n) is 11.8. The first kappa shape index (κ1) is 15.1. The van der Waals surface area contributed by atoms with E-state index >= 15 is 0 Å². The normalized spacial score (nSPS) is 14.4. The van der Waals surface area contributed by atoms with Crippen LogP contribution in [-0.4, -0.2) is 33.5 Å². The largest absolute Gasteiger partial charge is 0.394 e. The lowest BCUT2D eigenvalue weighted by Crippen LogP contribution is -2.51. The van der Waals surface area contributed by atoms with Gasteiger partial charge >= 0.3 is 0 Å². The first-order valence-corrected chi connectivity index (χ1v) is 7.71. The number of rotatable bonds is 7. The summed E-state index contributed by atoms with van der Waals surface area (Å²) in [6.07, 6.45) is 3.54. The molecule has 2 rings (SSSR count). The monoisotopic (exact) mass is 291 g/mol. The second kappa shape index (κ2) is 6.92. The quantitative estimate of drug-likeness (QED) is 0.686. The first-order chi connectivity index (χ1) is 9.66. The standard InChI is InChI=1S/C15H21N3OS/c1-12(2)18-15(10-19,13-6-4-3-5-7-13)11-20-14-16-8-9-17-14/h3-9,12,18-19H,10-11H2,1-2H3,(H,16,17). The van der Waals surface area contributed by atoms with Crippen molar-refractivity contribution in [3.63, 3.8) is 0 Å². The van der Waals surface area contributed by atoms with Gasteiger partial charge < -0.3 is 15.4 Å². The fourth-order valence-electron chi connectivity index (χ4n) is 2.22. The molecule has 2 aromatic rings. The molecular weight excluding hydrogens is 270 g/mol. The zero-order chi connectivity index (χ0) is 14.4. The van der Waals surface area contributed by atoms with Crippen LogP contribution in [0.15, 0.2) is 47.9 Å². The topological polar surface area (TPSA) is 60.9 Å². The van der Waals surface area contributed by atoms with Gasteiger partial charge in [0.1, 0.15) is 0 Å². The molecule has 20 heavy (non-hydrogen) atoms. The number of aromatic nitrogens is 2. The van der Waals surface area contributed by atoms with Crippen LogP contribution in [-0.2, 0) is 5.54 Å². The van der Waals surface area contributed by atoms with Crippen LogP contribution < -0.4 is 5.32 Å². The average molecular weight is 291 g/mol. The fraction of sp³-hybridized carbons (Fsp3) is 0.400.